The van der Waals surface area contributed by atoms with Crippen molar-refractivity contribution in [3.8, 4) is 0 Å². The lowest BCUT2D eigenvalue weighted by Gasteiger charge is -2.25. The Morgan fingerprint density at radius 3 is 2.78 bits per heavy atom. The van der Waals surface area contributed by atoms with Gasteiger partial charge in [0.25, 0.3) is 0 Å². The van der Waals surface area contributed by atoms with E-state index in [0.717, 1.165) is 13.0 Å². The molecule has 0 spiro atoms. The summed E-state index contributed by atoms with van der Waals surface area (Å²) >= 11 is 0. The zero-order chi connectivity index (χ0) is 12.5. The van der Waals surface area contributed by atoms with Crippen molar-refractivity contribution in [2.45, 2.75) is 57.2 Å². The summed E-state index contributed by atoms with van der Waals surface area (Å²) in [6, 6.07) is 1.56. The quantitative estimate of drug-likeness (QED) is 0.774. The van der Waals surface area contributed by atoms with Crippen LogP contribution >= 0.6 is 0 Å². The maximum Gasteiger partial charge on any atom is 0.224 e. The van der Waals surface area contributed by atoms with Gasteiger partial charge in [0.15, 0.2) is 0 Å². The number of carbonyl (C=O) groups is 1. The minimum atomic E-state index is 0.231. The molecule has 0 saturated carbocycles. The Kier molecular flexibility index (Phi) is 3.57. The molecule has 3 rings (SSSR count). The first-order valence-electron chi connectivity index (χ1n) is 7.52. The fraction of sp³-hybridized carbons (Fsp3) is 0.929. The van der Waals surface area contributed by atoms with Gasteiger partial charge in [-0.2, -0.15) is 0 Å². The smallest absolute Gasteiger partial charge is 0.224 e. The van der Waals surface area contributed by atoms with Crippen LogP contribution in [0.4, 0.5) is 0 Å². The molecular weight excluding hydrogens is 226 g/mol. The highest BCUT2D eigenvalue weighted by Gasteiger charge is 2.42. The van der Waals surface area contributed by atoms with Gasteiger partial charge in [0.1, 0.15) is 0 Å². The van der Waals surface area contributed by atoms with Gasteiger partial charge in [-0.25, -0.2) is 0 Å². The molecule has 3 heterocycles. The molecule has 3 aliphatic rings. The minimum Gasteiger partial charge on any atom is -0.354 e. The first kappa shape index (κ1) is 12.4. The van der Waals surface area contributed by atoms with E-state index >= 15 is 0 Å². The summed E-state index contributed by atoms with van der Waals surface area (Å²) in [5, 5.41) is 6.70. The molecule has 0 aromatic heterocycles. The van der Waals surface area contributed by atoms with E-state index in [1.54, 1.807) is 0 Å². The Balaban J connectivity index is 1.44. The fourth-order valence-electron chi connectivity index (χ4n) is 3.80. The second-order valence-electron chi connectivity index (χ2n) is 6.23. The van der Waals surface area contributed by atoms with Crippen molar-refractivity contribution < 1.29 is 4.79 Å². The Hall–Kier alpha value is -0.610. The molecular formula is C14H25N3O. The SMILES string of the molecule is CC(CNC(=O)C1CC2CCC1N2)N1CCCC1. The number of rotatable bonds is 4. The van der Waals surface area contributed by atoms with Gasteiger partial charge in [-0.15, -0.1) is 0 Å². The van der Waals surface area contributed by atoms with Gasteiger partial charge < -0.3 is 10.6 Å². The lowest BCUT2D eigenvalue weighted by atomic mass is 9.88. The predicted octanol–water partition coefficient (Wildman–Crippen LogP) is 0.727. The Morgan fingerprint density at radius 2 is 2.17 bits per heavy atom. The van der Waals surface area contributed by atoms with Crippen molar-refractivity contribution in [2.24, 2.45) is 5.92 Å². The summed E-state index contributed by atoms with van der Waals surface area (Å²) in [5.74, 6) is 0.510. The van der Waals surface area contributed by atoms with Gasteiger partial charge in [0.2, 0.25) is 5.91 Å². The number of hydrogen-bond donors (Lipinski definition) is 2. The third kappa shape index (κ3) is 2.41. The van der Waals surface area contributed by atoms with Crippen LogP contribution < -0.4 is 10.6 Å². The van der Waals surface area contributed by atoms with Crippen molar-refractivity contribution in [1.82, 2.24) is 15.5 Å². The molecule has 2 bridgehead atoms. The van der Waals surface area contributed by atoms with Crippen molar-refractivity contribution in [3.05, 3.63) is 0 Å². The maximum atomic E-state index is 12.2. The second kappa shape index (κ2) is 5.17. The van der Waals surface area contributed by atoms with Crippen molar-refractivity contribution in [2.75, 3.05) is 19.6 Å². The fourth-order valence-corrected chi connectivity index (χ4v) is 3.80. The molecule has 1 amide bonds. The Bertz CT molecular complexity index is 314. The van der Waals surface area contributed by atoms with Crippen molar-refractivity contribution in [3.63, 3.8) is 0 Å². The molecule has 102 valence electrons. The zero-order valence-corrected chi connectivity index (χ0v) is 11.3. The molecule has 4 atom stereocenters. The van der Waals surface area contributed by atoms with Crippen LogP contribution in [0.15, 0.2) is 0 Å². The van der Waals surface area contributed by atoms with Crippen LogP contribution in [0.3, 0.4) is 0 Å². The first-order chi connectivity index (χ1) is 8.74. The topological polar surface area (TPSA) is 44.4 Å². The standard InChI is InChI=1S/C14H25N3O/c1-10(17-6-2-3-7-17)9-15-14(18)12-8-11-4-5-13(12)16-11/h10-13,16H,2-9H2,1H3,(H,15,18). The minimum absolute atomic E-state index is 0.231. The largest absolute Gasteiger partial charge is 0.354 e. The molecule has 0 radical (unpaired) electrons. The number of likely N-dealkylation sites (tertiary alicyclic amines) is 1. The molecule has 3 aliphatic heterocycles. The zero-order valence-electron chi connectivity index (χ0n) is 11.3. The second-order valence-corrected chi connectivity index (χ2v) is 6.23. The van der Waals surface area contributed by atoms with Gasteiger partial charge in [0, 0.05) is 24.7 Å². The molecule has 4 nitrogen and oxygen atoms in total. The third-order valence-corrected chi connectivity index (χ3v) is 4.97. The molecule has 0 aliphatic carbocycles. The van der Waals surface area contributed by atoms with E-state index < -0.39 is 0 Å². The van der Waals surface area contributed by atoms with Gasteiger partial charge in [0.05, 0.1) is 5.92 Å². The van der Waals surface area contributed by atoms with E-state index in [2.05, 4.69) is 22.5 Å². The predicted molar refractivity (Wildman–Crippen MR) is 71.3 cm³/mol. The summed E-state index contributed by atoms with van der Waals surface area (Å²) < 4.78 is 0. The van der Waals surface area contributed by atoms with Crippen LogP contribution in [0.1, 0.15) is 39.0 Å². The normalized spacial score (nSPS) is 37.1. The van der Waals surface area contributed by atoms with Crippen LogP contribution in [0, 0.1) is 5.92 Å². The Morgan fingerprint density at radius 1 is 1.39 bits per heavy atom. The van der Waals surface area contributed by atoms with Crippen LogP contribution in [-0.4, -0.2) is 48.6 Å². The number of nitrogens with one attached hydrogen (secondary N) is 2. The third-order valence-electron chi connectivity index (χ3n) is 4.97. The van der Waals surface area contributed by atoms with E-state index in [1.165, 1.54) is 38.8 Å². The summed E-state index contributed by atoms with van der Waals surface area (Å²) in [6.45, 7) is 5.44. The number of fused-ring (bicyclic) bond motifs is 2. The average Bonchev–Trinajstić information content (AvgIpc) is 3.09. The molecule has 18 heavy (non-hydrogen) atoms. The molecule has 4 heteroatoms. The highest BCUT2D eigenvalue weighted by molar-refractivity contribution is 5.80. The van der Waals surface area contributed by atoms with Gasteiger partial charge in [-0.05, 0) is 52.1 Å². The van der Waals surface area contributed by atoms with Crippen LogP contribution in [0.25, 0.3) is 0 Å². The summed E-state index contributed by atoms with van der Waals surface area (Å²) in [7, 11) is 0. The summed E-state index contributed by atoms with van der Waals surface area (Å²) in [5.41, 5.74) is 0. The van der Waals surface area contributed by atoms with Crippen molar-refractivity contribution >= 4 is 5.91 Å². The van der Waals surface area contributed by atoms with Gasteiger partial charge >= 0.3 is 0 Å². The average molecular weight is 251 g/mol. The number of amides is 1. The van der Waals surface area contributed by atoms with E-state index in [4.69, 9.17) is 0 Å². The Labute approximate surface area is 109 Å². The summed E-state index contributed by atoms with van der Waals surface area (Å²) in [6.07, 6.45) is 6.13. The lowest BCUT2D eigenvalue weighted by Crippen LogP contribution is -2.44. The van der Waals surface area contributed by atoms with E-state index in [1.807, 2.05) is 0 Å². The molecule has 2 N–H and O–H groups in total. The van der Waals surface area contributed by atoms with E-state index in [-0.39, 0.29) is 11.8 Å². The first-order valence-corrected chi connectivity index (χ1v) is 7.52. The van der Waals surface area contributed by atoms with Crippen LogP contribution in [0.2, 0.25) is 0 Å². The van der Waals surface area contributed by atoms with E-state index in [0.29, 0.717) is 18.1 Å². The van der Waals surface area contributed by atoms with Crippen LogP contribution in [-0.2, 0) is 4.79 Å². The number of carbonyl (C=O) groups excluding carboxylic acids is 1. The molecule has 3 saturated heterocycles. The molecule has 4 unspecified atom stereocenters. The number of hydrogen-bond acceptors (Lipinski definition) is 3. The summed E-state index contributed by atoms with van der Waals surface area (Å²) in [4.78, 5) is 14.7. The number of nitrogens with zero attached hydrogens (tertiary/aromatic N) is 1. The van der Waals surface area contributed by atoms with E-state index in [9.17, 15) is 4.79 Å². The highest BCUT2D eigenvalue weighted by atomic mass is 16.2. The maximum absolute atomic E-state index is 12.2. The molecule has 0 aromatic rings. The van der Waals surface area contributed by atoms with Gasteiger partial charge in [-0.1, -0.05) is 0 Å². The van der Waals surface area contributed by atoms with Crippen LogP contribution in [0.5, 0.6) is 0 Å². The lowest BCUT2D eigenvalue weighted by molar-refractivity contribution is -0.125. The molecule has 3 fully saturated rings. The van der Waals surface area contributed by atoms with Gasteiger partial charge in [-0.3, -0.25) is 9.69 Å². The molecule has 0 aromatic carbocycles. The van der Waals surface area contributed by atoms with Crippen molar-refractivity contribution in [1.29, 1.82) is 0 Å². The highest BCUT2D eigenvalue weighted by Crippen LogP contribution is 2.33. The monoisotopic (exact) mass is 251 g/mol.